The first-order chi connectivity index (χ1) is 10.0. The fourth-order valence-corrected chi connectivity index (χ4v) is 2.90. The standard InChI is InChI=1S/C15H28FNO4/c1-2-8-17-9-4-6-11(17)5-3-7-12(16)14(20)15(21)13(19)10-18/h2,11-15,18-21H,1,3-10H2. The minimum Gasteiger partial charge on any atom is -0.394 e. The minimum atomic E-state index is -1.67. The highest BCUT2D eigenvalue weighted by molar-refractivity contribution is 4.85. The van der Waals surface area contributed by atoms with Gasteiger partial charge in [-0.15, -0.1) is 6.58 Å². The number of likely N-dealkylation sites (tertiary alicyclic amines) is 1. The molecule has 124 valence electrons. The SMILES string of the molecule is C=CCN1CCCC1CCCC(F)C(O)C(O)C(O)CO. The minimum absolute atomic E-state index is 0.134. The summed E-state index contributed by atoms with van der Waals surface area (Å²) in [5, 5.41) is 36.9. The molecular weight excluding hydrogens is 277 g/mol. The van der Waals surface area contributed by atoms with Crippen molar-refractivity contribution in [2.45, 2.75) is 62.6 Å². The van der Waals surface area contributed by atoms with E-state index in [1.54, 1.807) is 0 Å². The van der Waals surface area contributed by atoms with Gasteiger partial charge in [0.2, 0.25) is 0 Å². The molecule has 1 saturated heterocycles. The van der Waals surface area contributed by atoms with Crippen LogP contribution in [0.25, 0.3) is 0 Å². The number of nitrogens with zero attached hydrogens (tertiary/aromatic N) is 1. The van der Waals surface area contributed by atoms with Crippen LogP contribution in [-0.4, -0.2) is 75.5 Å². The molecule has 0 amide bonds. The van der Waals surface area contributed by atoms with Crippen LogP contribution in [0.1, 0.15) is 32.1 Å². The summed E-state index contributed by atoms with van der Waals surface area (Å²) in [6.45, 7) is 4.91. The second kappa shape index (κ2) is 9.48. The summed E-state index contributed by atoms with van der Waals surface area (Å²) in [7, 11) is 0. The Balaban J connectivity index is 2.29. The predicted molar refractivity (Wildman–Crippen MR) is 78.6 cm³/mol. The van der Waals surface area contributed by atoms with Crippen LogP contribution in [-0.2, 0) is 0 Å². The van der Waals surface area contributed by atoms with Crippen LogP contribution in [0.4, 0.5) is 4.39 Å². The maximum absolute atomic E-state index is 13.8. The smallest absolute Gasteiger partial charge is 0.129 e. The summed E-state index contributed by atoms with van der Waals surface area (Å²) in [5.41, 5.74) is 0. The Bertz CT molecular complexity index is 305. The second-order valence-electron chi connectivity index (χ2n) is 5.76. The van der Waals surface area contributed by atoms with Gasteiger partial charge in [-0.1, -0.05) is 6.08 Å². The fourth-order valence-electron chi connectivity index (χ4n) is 2.90. The monoisotopic (exact) mass is 305 g/mol. The van der Waals surface area contributed by atoms with E-state index in [4.69, 9.17) is 5.11 Å². The molecule has 21 heavy (non-hydrogen) atoms. The quantitative estimate of drug-likeness (QED) is 0.434. The Kier molecular flexibility index (Phi) is 8.36. The van der Waals surface area contributed by atoms with Crippen molar-refractivity contribution in [3.63, 3.8) is 0 Å². The van der Waals surface area contributed by atoms with Crippen LogP contribution in [0.2, 0.25) is 0 Å². The Hall–Kier alpha value is -0.530. The van der Waals surface area contributed by atoms with Crippen molar-refractivity contribution in [3.8, 4) is 0 Å². The maximum Gasteiger partial charge on any atom is 0.129 e. The molecule has 0 radical (unpaired) electrons. The van der Waals surface area contributed by atoms with Gasteiger partial charge in [0.05, 0.1) is 6.61 Å². The summed E-state index contributed by atoms with van der Waals surface area (Å²) in [6, 6.07) is 0.431. The third-order valence-electron chi connectivity index (χ3n) is 4.18. The van der Waals surface area contributed by atoms with Crippen LogP contribution >= 0.6 is 0 Å². The summed E-state index contributed by atoms with van der Waals surface area (Å²) in [5.74, 6) is 0. The predicted octanol–water partition coefficient (Wildman–Crippen LogP) is 0.220. The molecule has 0 spiro atoms. The molecule has 1 fully saturated rings. The highest BCUT2D eigenvalue weighted by Crippen LogP contribution is 2.23. The van der Waals surface area contributed by atoms with Crippen LogP contribution in [0.3, 0.4) is 0 Å². The van der Waals surface area contributed by atoms with Crippen LogP contribution < -0.4 is 0 Å². The lowest BCUT2D eigenvalue weighted by atomic mass is 9.98. The topological polar surface area (TPSA) is 84.2 Å². The van der Waals surface area contributed by atoms with Gasteiger partial charge in [0.15, 0.2) is 0 Å². The first-order valence-electron chi connectivity index (χ1n) is 7.65. The zero-order valence-corrected chi connectivity index (χ0v) is 12.4. The summed E-state index contributed by atoms with van der Waals surface area (Å²) in [4.78, 5) is 2.32. The molecule has 1 heterocycles. The number of hydrogen-bond acceptors (Lipinski definition) is 5. The largest absolute Gasteiger partial charge is 0.394 e. The first-order valence-corrected chi connectivity index (χ1v) is 7.65. The zero-order valence-electron chi connectivity index (χ0n) is 12.4. The molecule has 1 aliphatic rings. The van der Waals surface area contributed by atoms with Crippen molar-refractivity contribution in [2.75, 3.05) is 19.7 Å². The number of aliphatic hydroxyl groups is 4. The van der Waals surface area contributed by atoms with E-state index in [1.807, 2.05) is 6.08 Å². The third kappa shape index (κ3) is 5.64. The van der Waals surface area contributed by atoms with Crippen molar-refractivity contribution >= 4 is 0 Å². The number of alkyl halides is 1. The third-order valence-corrected chi connectivity index (χ3v) is 4.18. The van der Waals surface area contributed by atoms with Gasteiger partial charge in [0, 0.05) is 12.6 Å². The maximum atomic E-state index is 13.8. The molecule has 1 rings (SSSR count). The second-order valence-corrected chi connectivity index (χ2v) is 5.76. The van der Waals surface area contributed by atoms with Gasteiger partial charge in [-0.05, 0) is 38.6 Å². The van der Waals surface area contributed by atoms with Gasteiger partial charge in [0.1, 0.15) is 24.5 Å². The van der Waals surface area contributed by atoms with Crippen LogP contribution in [0.15, 0.2) is 12.7 Å². The van der Waals surface area contributed by atoms with Gasteiger partial charge < -0.3 is 20.4 Å². The molecule has 0 aromatic rings. The zero-order chi connectivity index (χ0) is 15.8. The molecule has 4 N–H and O–H groups in total. The van der Waals surface area contributed by atoms with Gasteiger partial charge in [0.25, 0.3) is 0 Å². The summed E-state index contributed by atoms with van der Waals surface area (Å²) in [6.07, 6.45) is -0.749. The highest BCUT2D eigenvalue weighted by Gasteiger charge is 2.31. The van der Waals surface area contributed by atoms with Crippen molar-refractivity contribution in [1.82, 2.24) is 4.90 Å². The molecule has 0 saturated carbocycles. The average Bonchev–Trinajstić information content (AvgIpc) is 2.92. The van der Waals surface area contributed by atoms with Crippen LogP contribution in [0.5, 0.6) is 0 Å². The molecular formula is C15H28FNO4. The Morgan fingerprint density at radius 1 is 1.29 bits per heavy atom. The molecule has 0 aliphatic carbocycles. The average molecular weight is 305 g/mol. The number of halogens is 1. The van der Waals surface area contributed by atoms with E-state index < -0.39 is 31.1 Å². The fraction of sp³-hybridized carbons (Fsp3) is 0.867. The Labute approximate surface area is 125 Å². The van der Waals surface area contributed by atoms with E-state index in [0.29, 0.717) is 12.5 Å². The number of rotatable bonds is 10. The van der Waals surface area contributed by atoms with E-state index >= 15 is 0 Å². The molecule has 0 aromatic carbocycles. The summed E-state index contributed by atoms with van der Waals surface area (Å²) >= 11 is 0. The van der Waals surface area contributed by atoms with E-state index in [2.05, 4.69) is 11.5 Å². The van der Waals surface area contributed by atoms with Gasteiger partial charge in [-0.3, -0.25) is 4.90 Å². The van der Waals surface area contributed by atoms with Crippen molar-refractivity contribution in [1.29, 1.82) is 0 Å². The molecule has 6 heteroatoms. The molecule has 5 atom stereocenters. The van der Waals surface area contributed by atoms with Gasteiger partial charge in [-0.25, -0.2) is 4.39 Å². The normalized spacial score (nSPS) is 25.5. The number of aliphatic hydroxyl groups excluding tert-OH is 4. The van der Waals surface area contributed by atoms with E-state index in [1.165, 1.54) is 0 Å². The molecule has 5 unspecified atom stereocenters. The molecule has 1 aliphatic heterocycles. The molecule has 5 nitrogen and oxygen atoms in total. The molecule has 0 aromatic heterocycles. The van der Waals surface area contributed by atoms with E-state index in [-0.39, 0.29) is 6.42 Å². The van der Waals surface area contributed by atoms with Gasteiger partial charge in [-0.2, -0.15) is 0 Å². The van der Waals surface area contributed by atoms with Crippen molar-refractivity contribution in [3.05, 3.63) is 12.7 Å². The number of hydrogen-bond donors (Lipinski definition) is 4. The van der Waals surface area contributed by atoms with Crippen molar-refractivity contribution in [2.24, 2.45) is 0 Å². The molecule has 0 bridgehead atoms. The summed E-state index contributed by atoms with van der Waals surface area (Å²) < 4.78 is 13.8. The van der Waals surface area contributed by atoms with Gasteiger partial charge >= 0.3 is 0 Å². The Morgan fingerprint density at radius 3 is 2.62 bits per heavy atom. The lowest BCUT2D eigenvalue weighted by Crippen LogP contribution is -2.44. The van der Waals surface area contributed by atoms with E-state index in [0.717, 1.165) is 32.4 Å². The van der Waals surface area contributed by atoms with Crippen molar-refractivity contribution < 1.29 is 24.8 Å². The van der Waals surface area contributed by atoms with Crippen LogP contribution in [0, 0.1) is 0 Å². The lowest BCUT2D eigenvalue weighted by Gasteiger charge is -2.26. The highest BCUT2D eigenvalue weighted by atomic mass is 19.1. The Morgan fingerprint density at radius 2 is 2.00 bits per heavy atom. The van der Waals surface area contributed by atoms with E-state index in [9.17, 15) is 19.7 Å². The lowest BCUT2D eigenvalue weighted by molar-refractivity contribution is -0.100. The first kappa shape index (κ1) is 18.5.